The number of nitrogens with zero attached hydrogens (tertiary/aromatic N) is 4. The maximum Gasteiger partial charge on any atom is 0.324 e. The van der Waals surface area contributed by atoms with Crippen molar-refractivity contribution in [3.63, 3.8) is 0 Å². The van der Waals surface area contributed by atoms with Crippen LogP contribution in [0.2, 0.25) is 0 Å². The van der Waals surface area contributed by atoms with Gasteiger partial charge in [-0.1, -0.05) is 17.3 Å². The van der Waals surface area contributed by atoms with E-state index in [4.69, 9.17) is 9.26 Å². The molecule has 2 aromatic carbocycles. The summed E-state index contributed by atoms with van der Waals surface area (Å²) in [6, 6.07) is 14.2. The molecule has 1 atom stereocenters. The lowest BCUT2D eigenvalue weighted by Gasteiger charge is -2.33. The van der Waals surface area contributed by atoms with Crippen LogP contribution >= 0.6 is 0 Å². The molecule has 31 heavy (non-hydrogen) atoms. The Bertz CT molecular complexity index is 1060. The van der Waals surface area contributed by atoms with Crippen molar-refractivity contribution in [2.75, 3.05) is 37.0 Å². The monoisotopic (exact) mass is 420 g/mol. The summed E-state index contributed by atoms with van der Waals surface area (Å²) in [5, 5.41) is 4.13. The maximum atomic E-state index is 13.2. The smallest absolute Gasteiger partial charge is 0.324 e. The summed E-state index contributed by atoms with van der Waals surface area (Å²) in [4.78, 5) is 21.6. The van der Waals surface area contributed by atoms with Crippen molar-refractivity contribution in [2.45, 2.75) is 26.7 Å². The molecule has 0 aliphatic carbocycles. The van der Waals surface area contributed by atoms with Crippen LogP contribution in [-0.2, 0) is 4.79 Å². The molecule has 7 heteroatoms. The van der Waals surface area contributed by atoms with Gasteiger partial charge in [-0.05, 0) is 68.1 Å². The first kappa shape index (κ1) is 20.9. The van der Waals surface area contributed by atoms with Crippen molar-refractivity contribution in [2.24, 2.45) is 5.92 Å². The van der Waals surface area contributed by atoms with E-state index in [1.54, 1.807) is 12.0 Å². The number of anilines is 2. The molecule has 3 aromatic rings. The number of amides is 1. The lowest BCUT2D eigenvalue weighted by Crippen LogP contribution is -2.44. The Morgan fingerprint density at radius 1 is 1.19 bits per heavy atom. The van der Waals surface area contributed by atoms with Crippen molar-refractivity contribution >= 4 is 17.6 Å². The number of hydrogen-bond acceptors (Lipinski definition) is 6. The standard InChI is InChI=1S/C24H28N4O3/c1-16-7-8-17(2)21(14-16)27(3)23(29)19-6-5-13-28(15-19)24-25-22(26-31-24)18-9-11-20(30-4)12-10-18/h7-12,14,19H,5-6,13,15H2,1-4H3/t19-/m1/s1. The fraction of sp³-hybridized carbons (Fsp3) is 0.375. The van der Waals surface area contributed by atoms with Crippen molar-refractivity contribution in [1.29, 1.82) is 0 Å². The topological polar surface area (TPSA) is 71.7 Å². The number of aryl methyl sites for hydroxylation is 2. The average molecular weight is 421 g/mol. The van der Waals surface area contributed by atoms with Crippen LogP contribution < -0.4 is 14.5 Å². The van der Waals surface area contributed by atoms with Crippen molar-refractivity contribution < 1.29 is 14.1 Å². The third-order valence-corrected chi connectivity index (χ3v) is 5.86. The molecule has 0 unspecified atom stereocenters. The van der Waals surface area contributed by atoms with Crippen molar-refractivity contribution in [3.05, 3.63) is 53.6 Å². The number of rotatable bonds is 5. The molecular formula is C24H28N4O3. The number of piperidine rings is 1. The number of ether oxygens (including phenoxy) is 1. The van der Waals surface area contributed by atoms with Gasteiger partial charge in [0.15, 0.2) is 0 Å². The number of hydrogen-bond donors (Lipinski definition) is 0. The Morgan fingerprint density at radius 2 is 1.97 bits per heavy atom. The highest BCUT2D eigenvalue weighted by molar-refractivity contribution is 5.95. The van der Waals surface area contributed by atoms with Crippen LogP contribution in [0, 0.1) is 19.8 Å². The van der Waals surface area contributed by atoms with Gasteiger partial charge in [0.25, 0.3) is 0 Å². The van der Waals surface area contributed by atoms with E-state index in [1.807, 2.05) is 50.1 Å². The van der Waals surface area contributed by atoms with Crippen molar-refractivity contribution in [3.8, 4) is 17.1 Å². The van der Waals surface area contributed by atoms with Gasteiger partial charge in [0.2, 0.25) is 11.7 Å². The molecule has 1 aliphatic rings. The fourth-order valence-corrected chi connectivity index (χ4v) is 4.03. The predicted octanol–water partition coefficient (Wildman–Crippen LogP) is 4.24. The molecular weight excluding hydrogens is 392 g/mol. The first-order valence-corrected chi connectivity index (χ1v) is 10.5. The van der Waals surface area contributed by atoms with E-state index in [9.17, 15) is 4.79 Å². The zero-order chi connectivity index (χ0) is 22.0. The second-order valence-corrected chi connectivity index (χ2v) is 8.10. The summed E-state index contributed by atoms with van der Waals surface area (Å²) < 4.78 is 10.7. The van der Waals surface area contributed by atoms with Crippen LogP contribution in [0.4, 0.5) is 11.7 Å². The second kappa shape index (κ2) is 8.79. The van der Waals surface area contributed by atoms with Gasteiger partial charge in [-0.15, -0.1) is 0 Å². The average Bonchev–Trinajstić information content (AvgIpc) is 3.30. The summed E-state index contributed by atoms with van der Waals surface area (Å²) in [6.45, 7) is 5.43. The Hall–Kier alpha value is -3.35. The van der Waals surface area contributed by atoms with E-state index in [-0.39, 0.29) is 11.8 Å². The van der Waals surface area contributed by atoms with Crippen LogP contribution in [0.3, 0.4) is 0 Å². The molecule has 1 aliphatic heterocycles. The summed E-state index contributed by atoms with van der Waals surface area (Å²) in [6.07, 6.45) is 1.75. The molecule has 0 spiro atoms. The molecule has 1 saturated heterocycles. The van der Waals surface area contributed by atoms with E-state index in [2.05, 4.69) is 28.3 Å². The Morgan fingerprint density at radius 3 is 2.71 bits per heavy atom. The zero-order valence-electron chi connectivity index (χ0n) is 18.5. The summed E-state index contributed by atoms with van der Waals surface area (Å²) >= 11 is 0. The Balaban J connectivity index is 1.47. The number of carbonyl (C=O) groups excluding carboxylic acids is 1. The van der Waals surface area contributed by atoms with Crippen LogP contribution in [0.15, 0.2) is 47.0 Å². The first-order chi connectivity index (χ1) is 15.0. The quantitative estimate of drug-likeness (QED) is 0.615. The van der Waals surface area contributed by atoms with E-state index < -0.39 is 0 Å². The lowest BCUT2D eigenvalue weighted by molar-refractivity contribution is -0.122. The van der Waals surface area contributed by atoms with E-state index in [1.165, 1.54) is 0 Å². The van der Waals surface area contributed by atoms with Gasteiger partial charge >= 0.3 is 6.01 Å². The maximum absolute atomic E-state index is 13.2. The zero-order valence-corrected chi connectivity index (χ0v) is 18.5. The second-order valence-electron chi connectivity index (χ2n) is 8.10. The SMILES string of the molecule is COc1ccc(-c2noc(N3CCC[C@@H](C(=O)N(C)c4cc(C)ccc4C)C3)n2)cc1. The minimum atomic E-state index is -0.116. The molecule has 1 amide bonds. The number of carbonyl (C=O) groups is 1. The normalized spacial score (nSPS) is 16.3. The minimum Gasteiger partial charge on any atom is -0.497 e. The Kier molecular flexibility index (Phi) is 5.93. The fourth-order valence-electron chi connectivity index (χ4n) is 4.03. The summed E-state index contributed by atoms with van der Waals surface area (Å²) in [5.74, 6) is 1.31. The number of aromatic nitrogens is 2. The molecule has 1 aromatic heterocycles. The van der Waals surface area contributed by atoms with Gasteiger partial charge < -0.3 is 19.1 Å². The van der Waals surface area contributed by atoms with Gasteiger partial charge in [-0.25, -0.2) is 0 Å². The van der Waals surface area contributed by atoms with Gasteiger partial charge in [0.05, 0.1) is 13.0 Å². The van der Waals surface area contributed by atoms with Crippen LogP contribution in [-0.4, -0.2) is 43.3 Å². The van der Waals surface area contributed by atoms with E-state index >= 15 is 0 Å². The molecule has 1 fully saturated rings. The van der Waals surface area contributed by atoms with Crippen LogP contribution in [0.5, 0.6) is 5.75 Å². The minimum absolute atomic E-state index is 0.116. The molecule has 4 rings (SSSR count). The summed E-state index contributed by atoms with van der Waals surface area (Å²) in [5.41, 5.74) is 4.05. The van der Waals surface area contributed by atoms with Gasteiger partial charge in [-0.3, -0.25) is 4.79 Å². The Labute approximate surface area is 182 Å². The highest BCUT2D eigenvalue weighted by Crippen LogP contribution is 2.28. The van der Waals surface area contributed by atoms with Gasteiger partial charge in [0.1, 0.15) is 5.75 Å². The lowest BCUT2D eigenvalue weighted by atomic mass is 9.96. The predicted molar refractivity (Wildman–Crippen MR) is 121 cm³/mol. The molecule has 162 valence electrons. The third-order valence-electron chi connectivity index (χ3n) is 5.86. The molecule has 0 bridgehead atoms. The van der Waals surface area contributed by atoms with E-state index in [0.29, 0.717) is 18.4 Å². The largest absolute Gasteiger partial charge is 0.497 e. The highest BCUT2D eigenvalue weighted by Gasteiger charge is 2.31. The third kappa shape index (κ3) is 4.40. The molecule has 7 nitrogen and oxygen atoms in total. The van der Waals surface area contributed by atoms with Crippen molar-refractivity contribution in [1.82, 2.24) is 10.1 Å². The summed E-state index contributed by atoms with van der Waals surface area (Å²) in [7, 11) is 3.49. The number of benzene rings is 2. The van der Waals surface area contributed by atoms with Crippen LogP contribution in [0.25, 0.3) is 11.4 Å². The number of methoxy groups -OCH3 is 1. The highest BCUT2D eigenvalue weighted by atomic mass is 16.5. The first-order valence-electron chi connectivity index (χ1n) is 10.5. The van der Waals surface area contributed by atoms with E-state index in [0.717, 1.165) is 47.5 Å². The van der Waals surface area contributed by atoms with Crippen LogP contribution in [0.1, 0.15) is 24.0 Å². The molecule has 0 N–H and O–H groups in total. The van der Waals surface area contributed by atoms with Gasteiger partial charge in [0, 0.05) is 31.4 Å². The van der Waals surface area contributed by atoms with Gasteiger partial charge in [-0.2, -0.15) is 4.98 Å². The molecule has 2 heterocycles. The molecule has 0 saturated carbocycles. The molecule has 0 radical (unpaired) electrons.